The van der Waals surface area contributed by atoms with Crippen molar-refractivity contribution in [2.75, 3.05) is 12.3 Å². The molecule has 0 unspecified atom stereocenters. The van der Waals surface area contributed by atoms with Gasteiger partial charge in [-0.25, -0.2) is 0 Å². The molecule has 0 saturated carbocycles. The lowest BCUT2D eigenvalue weighted by Gasteiger charge is -2.09. The molecule has 0 aliphatic carbocycles. The number of aromatic nitrogens is 2. The molecule has 0 saturated heterocycles. The van der Waals surface area contributed by atoms with Crippen LogP contribution in [0.5, 0.6) is 5.75 Å². The molecule has 1 aromatic carbocycles. The van der Waals surface area contributed by atoms with Crippen LogP contribution in [0.1, 0.15) is 11.3 Å². The van der Waals surface area contributed by atoms with E-state index in [-0.39, 0.29) is 0 Å². The Bertz CT molecular complexity index is 583. The van der Waals surface area contributed by atoms with E-state index in [0.717, 1.165) is 12.1 Å². The largest absolute Gasteiger partial charge is 0.491 e. The van der Waals surface area contributed by atoms with E-state index in [1.165, 1.54) is 0 Å². The number of benzene rings is 1. The first kappa shape index (κ1) is 12.0. The summed E-state index contributed by atoms with van der Waals surface area (Å²) >= 11 is 0. The number of anilines is 1. The standard InChI is InChI=1S/C13H14N4O/c1-17-11(4-6-16-17)5-7-18-13-3-2-10(9-14)8-12(13)15/h2-4,6,8H,5,7,15H2,1H3. The van der Waals surface area contributed by atoms with E-state index in [1.54, 1.807) is 24.4 Å². The highest BCUT2D eigenvalue weighted by molar-refractivity contribution is 5.56. The van der Waals surface area contributed by atoms with E-state index < -0.39 is 0 Å². The lowest BCUT2D eigenvalue weighted by Crippen LogP contribution is -2.07. The van der Waals surface area contributed by atoms with Crippen LogP contribution < -0.4 is 10.5 Å². The van der Waals surface area contributed by atoms with Crippen LogP contribution in [0.3, 0.4) is 0 Å². The SMILES string of the molecule is Cn1nccc1CCOc1ccc(C#N)cc1N. The molecule has 0 aliphatic heterocycles. The summed E-state index contributed by atoms with van der Waals surface area (Å²) in [6.07, 6.45) is 2.52. The minimum atomic E-state index is 0.485. The van der Waals surface area contributed by atoms with E-state index in [4.69, 9.17) is 15.7 Å². The molecule has 0 bridgehead atoms. The van der Waals surface area contributed by atoms with E-state index >= 15 is 0 Å². The molecule has 0 radical (unpaired) electrons. The second-order valence-corrected chi connectivity index (χ2v) is 3.91. The Kier molecular flexibility index (Phi) is 3.49. The molecule has 0 aliphatic rings. The second-order valence-electron chi connectivity index (χ2n) is 3.91. The Labute approximate surface area is 105 Å². The molecule has 18 heavy (non-hydrogen) atoms. The van der Waals surface area contributed by atoms with Crippen LogP contribution in [0.15, 0.2) is 30.5 Å². The molecule has 0 spiro atoms. The van der Waals surface area contributed by atoms with Crippen molar-refractivity contribution in [2.45, 2.75) is 6.42 Å². The Morgan fingerprint density at radius 3 is 2.89 bits per heavy atom. The number of rotatable bonds is 4. The summed E-state index contributed by atoms with van der Waals surface area (Å²) in [6.45, 7) is 0.523. The van der Waals surface area contributed by atoms with Gasteiger partial charge in [0.05, 0.1) is 23.9 Å². The number of aryl methyl sites for hydroxylation is 1. The minimum Gasteiger partial charge on any atom is -0.491 e. The fourth-order valence-electron chi connectivity index (χ4n) is 1.66. The maximum atomic E-state index is 8.73. The third kappa shape index (κ3) is 2.61. The van der Waals surface area contributed by atoms with Gasteiger partial charge in [-0.1, -0.05) is 0 Å². The fourth-order valence-corrected chi connectivity index (χ4v) is 1.66. The van der Waals surface area contributed by atoms with Crippen molar-refractivity contribution in [1.82, 2.24) is 9.78 Å². The predicted molar refractivity (Wildman–Crippen MR) is 68.0 cm³/mol. The van der Waals surface area contributed by atoms with Crippen molar-refractivity contribution >= 4 is 5.69 Å². The van der Waals surface area contributed by atoms with Crippen LogP contribution in [0, 0.1) is 11.3 Å². The van der Waals surface area contributed by atoms with Gasteiger partial charge in [0, 0.05) is 25.4 Å². The van der Waals surface area contributed by atoms with Gasteiger partial charge in [-0.2, -0.15) is 10.4 Å². The van der Waals surface area contributed by atoms with Gasteiger partial charge < -0.3 is 10.5 Å². The zero-order valence-corrected chi connectivity index (χ0v) is 10.1. The average molecular weight is 242 g/mol. The molecule has 2 rings (SSSR count). The first-order chi connectivity index (χ1) is 8.70. The molecule has 2 N–H and O–H groups in total. The maximum absolute atomic E-state index is 8.73. The van der Waals surface area contributed by atoms with Gasteiger partial charge >= 0.3 is 0 Å². The molecule has 1 aromatic heterocycles. The number of nitrogen functional groups attached to an aromatic ring is 1. The smallest absolute Gasteiger partial charge is 0.142 e. The predicted octanol–water partition coefficient (Wildman–Crippen LogP) is 1.50. The molecular weight excluding hydrogens is 228 g/mol. The van der Waals surface area contributed by atoms with E-state index in [2.05, 4.69) is 5.10 Å². The highest BCUT2D eigenvalue weighted by atomic mass is 16.5. The van der Waals surface area contributed by atoms with E-state index in [0.29, 0.717) is 23.6 Å². The molecule has 5 heteroatoms. The van der Waals surface area contributed by atoms with Crippen LogP contribution in [-0.2, 0) is 13.5 Å². The molecular formula is C13H14N4O. The number of ether oxygens (including phenoxy) is 1. The highest BCUT2D eigenvalue weighted by Crippen LogP contribution is 2.22. The number of nitrogens with two attached hydrogens (primary N) is 1. The summed E-state index contributed by atoms with van der Waals surface area (Å²) in [5, 5.41) is 12.8. The molecule has 5 nitrogen and oxygen atoms in total. The molecule has 0 fully saturated rings. The number of hydrogen-bond donors (Lipinski definition) is 1. The van der Waals surface area contributed by atoms with Crippen LogP contribution in [0.2, 0.25) is 0 Å². The topological polar surface area (TPSA) is 76.9 Å². The maximum Gasteiger partial charge on any atom is 0.142 e. The van der Waals surface area contributed by atoms with Gasteiger partial charge in [-0.05, 0) is 24.3 Å². The molecule has 1 heterocycles. The zero-order valence-electron chi connectivity index (χ0n) is 10.1. The Morgan fingerprint density at radius 1 is 1.44 bits per heavy atom. The number of nitriles is 1. The Balaban J connectivity index is 1.95. The molecule has 92 valence electrons. The fraction of sp³-hybridized carbons (Fsp3) is 0.231. The summed E-state index contributed by atoms with van der Waals surface area (Å²) in [5.74, 6) is 0.608. The highest BCUT2D eigenvalue weighted by Gasteiger charge is 2.03. The van der Waals surface area contributed by atoms with Crippen LogP contribution in [0.25, 0.3) is 0 Å². The minimum absolute atomic E-state index is 0.485. The Hall–Kier alpha value is -2.48. The summed E-state index contributed by atoms with van der Waals surface area (Å²) in [7, 11) is 1.89. The van der Waals surface area contributed by atoms with Gasteiger partial charge in [0.15, 0.2) is 0 Å². The van der Waals surface area contributed by atoms with Crippen molar-refractivity contribution < 1.29 is 4.74 Å². The average Bonchev–Trinajstić information content (AvgIpc) is 2.77. The van der Waals surface area contributed by atoms with Crippen molar-refractivity contribution in [3.8, 4) is 11.8 Å². The van der Waals surface area contributed by atoms with E-state index in [1.807, 2.05) is 23.9 Å². The second kappa shape index (κ2) is 5.23. The molecule has 0 atom stereocenters. The summed E-state index contributed by atoms with van der Waals surface area (Å²) in [4.78, 5) is 0. The summed E-state index contributed by atoms with van der Waals surface area (Å²) < 4.78 is 7.40. The molecule has 0 amide bonds. The van der Waals surface area contributed by atoms with Crippen molar-refractivity contribution in [2.24, 2.45) is 7.05 Å². The monoisotopic (exact) mass is 242 g/mol. The third-order valence-corrected chi connectivity index (χ3v) is 2.68. The van der Waals surface area contributed by atoms with Crippen molar-refractivity contribution in [1.29, 1.82) is 5.26 Å². The van der Waals surface area contributed by atoms with Gasteiger partial charge in [-0.15, -0.1) is 0 Å². The van der Waals surface area contributed by atoms with Crippen molar-refractivity contribution in [3.05, 3.63) is 41.7 Å². The van der Waals surface area contributed by atoms with E-state index in [9.17, 15) is 0 Å². The van der Waals surface area contributed by atoms with Crippen LogP contribution >= 0.6 is 0 Å². The number of nitrogens with zero attached hydrogens (tertiary/aromatic N) is 3. The third-order valence-electron chi connectivity index (χ3n) is 2.68. The lowest BCUT2D eigenvalue weighted by molar-refractivity contribution is 0.320. The summed E-state index contributed by atoms with van der Waals surface area (Å²) in [5.41, 5.74) is 7.91. The zero-order chi connectivity index (χ0) is 13.0. The van der Waals surface area contributed by atoms with Gasteiger partial charge in [0.1, 0.15) is 5.75 Å². The van der Waals surface area contributed by atoms with Crippen LogP contribution in [0.4, 0.5) is 5.69 Å². The normalized spacial score (nSPS) is 10.0. The molecule has 2 aromatic rings. The summed E-state index contributed by atoms with van der Waals surface area (Å²) in [6, 6.07) is 9.00. The van der Waals surface area contributed by atoms with Gasteiger partial charge in [0.2, 0.25) is 0 Å². The quantitative estimate of drug-likeness (QED) is 0.824. The van der Waals surface area contributed by atoms with Crippen LogP contribution in [-0.4, -0.2) is 16.4 Å². The number of hydrogen-bond acceptors (Lipinski definition) is 4. The van der Waals surface area contributed by atoms with Gasteiger partial charge in [-0.3, -0.25) is 4.68 Å². The van der Waals surface area contributed by atoms with Gasteiger partial charge in [0.25, 0.3) is 0 Å². The first-order valence-electron chi connectivity index (χ1n) is 5.60. The first-order valence-corrected chi connectivity index (χ1v) is 5.60. The lowest BCUT2D eigenvalue weighted by atomic mass is 10.2. The van der Waals surface area contributed by atoms with Crippen molar-refractivity contribution in [3.63, 3.8) is 0 Å². The Morgan fingerprint density at radius 2 is 2.28 bits per heavy atom.